The normalized spacial score (nSPS) is 11.1. The Morgan fingerprint density at radius 3 is 1.40 bits per heavy atom. The maximum atomic E-state index is 3.89. The van der Waals surface area contributed by atoms with Gasteiger partial charge in [0.15, 0.2) is 0 Å². The lowest BCUT2D eigenvalue weighted by molar-refractivity contribution is 0.561. The van der Waals surface area contributed by atoms with Crippen molar-refractivity contribution in [3.8, 4) is 0 Å². The summed E-state index contributed by atoms with van der Waals surface area (Å²) in [6, 6.07) is 0. The van der Waals surface area contributed by atoms with Crippen LogP contribution in [0.3, 0.4) is 0 Å². The maximum Gasteiger partial charge on any atom is -0.0386 e. The minimum atomic E-state index is 1.12. The fourth-order valence-corrected chi connectivity index (χ4v) is 2.74. The molecule has 0 rings (SSSR count). The van der Waals surface area contributed by atoms with Crippen molar-refractivity contribution in [2.75, 3.05) is 0 Å². The van der Waals surface area contributed by atoms with E-state index in [-0.39, 0.29) is 0 Å². The van der Waals surface area contributed by atoms with E-state index in [0.29, 0.717) is 0 Å². The van der Waals surface area contributed by atoms with Gasteiger partial charge < -0.3 is 0 Å². The minimum absolute atomic E-state index is 1.12. The number of unbranched alkanes of at least 4 members (excludes halogenated alkanes) is 17. The Morgan fingerprint density at radius 2 is 0.950 bits per heavy atom. The molecule has 0 bridgehead atoms. The molecule has 0 spiro atoms. The number of rotatable bonds is 17. The molecule has 2 radical (unpaired) electrons. The monoisotopic (exact) mass is 280 g/mol. The third-order valence-corrected chi connectivity index (χ3v) is 4.17. The van der Waals surface area contributed by atoms with Crippen LogP contribution in [0.2, 0.25) is 0 Å². The van der Waals surface area contributed by atoms with Crippen molar-refractivity contribution in [3.63, 3.8) is 0 Å². The van der Waals surface area contributed by atoms with E-state index in [9.17, 15) is 0 Å². The van der Waals surface area contributed by atoms with Crippen molar-refractivity contribution >= 4 is 0 Å². The molecule has 0 aromatic carbocycles. The lowest BCUT2D eigenvalue weighted by atomic mass is 10.0. The third-order valence-electron chi connectivity index (χ3n) is 4.17. The maximum absolute atomic E-state index is 3.89. The van der Waals surface area contributed by atoms with Gasteiger partial charge in [-0.25, -0.2) is 0 Å². The molecular formula is C20H40. The first-order chi connectivity index (χ1) is 9.91. The van der Waals surface area contributed by atoms with Crippen LogP contribution < -0.4 is 0 Å². The highest BCUT2D eigenvalue weighted by Crippen LogP contribution is 2.13. The van der Waals surface area contributed by atoms with Crippen molar-refractivity contribution in [1.29, 1.82) is 0 Å². The highest BCUT2D eigenvalue weighted by Gasteiger charge is 1.94. The van der Waals surface area contributed by atoms with Gasteiger partial charge in [-0.2, -0.15) is 0 Å². The molecule has 0 aliphatic rings. The second kappa shape index (κ2) is 19.0. The summed E-state index contributed by atoms with van der Waals surface area (Å²) in [5.74, 6) is 0. The average molecular weight is 281 g/mol. The number of hydrogen-bond donors (Lipinski definition) is 0. The SMILES string of the molecule is [CH2]CCCCCCCCCC[CH]CCCCCCCC. The molecule has 0 fully saturated rings. The molecule has 0 saturated heterocycles. The zero-order valence-corrected chi connectivity index (χ0v) is 14.3. The second-order valence-electron chi connectivity index (χ2n) is 6.32. The summed E-state index contributed by atoms with van der Waals surface area (Å²) in [6.45, 7) is 6.18. The summed E-state index contributed by atoms with van der Waals surface area (Å²) in [4.78, 5) is 0. The van der Waals surface area contributed by atoms with Gasteiger partial charge in [-0.15, -0.1) is 0 Å². The van der Waals surface area contributed by atoms with Gasteiger partial charge in [0.2, 0.25) is 0 Å². The quantitative estimate of drug-likeness (QED) is 0.240. The molecule has 0 heterocycles. The summed E-state index contributed by atoms with van der Waals surface area (Å²) < 4.78 is 0. The van der Waals surface area contributed by atoms with Crippen molar-refractivity contribution in [2.24, 2.45) is 0 Å². The van der Waals surface area contributed by atoms with Crippen LogP contribution in [0, 0.1) is 13.3 Å². The molecule has 0 atom stereocenters. The Morgan fingerprint density at radius 1 is 0.550 bits per heavy atom. The minimum Gasteiger partial charge on any atom is -0.0654 e. The molecule has 0 aromatic rings. The summed E-state index contributed by atoms with van der Waals surface area (Å²) in [5.41, 5.74) is 0. The van der Waals surface area contributed by atoms with Crippen LogP contribution in [0.5, 0.6) is 0 Å². The molecule has 0 aromatic heterocycles. The average Bonchev–Trinajstić information content (AvgIpc) is 2.47. The standard InChI is InChI=1S/C20H40/c1-3-5-7-9-11-13-15-17-19-20-18-16-14-12-10-8-6-4-2/h18H,1,3-17,19-20H2,2H3. The Bertz CT molecular complexity index is 132. The van der Waals surface area contributed by atoms with Gasteiger partial charge in [0.1, 0.15) is 0 Å². The Labute approximate surface area is 130 Å². The molecule has 0 nitrogen and oxygen atoms in total. The van der Waals surface area contributed by atoms with Gasteiger partial charge in [0, 0.05) is 0 Å². The summed E-state index contributed by atoms with van der Waals surface area (Å²) in [7, 11) is 0. The van der Waals surface area contributed by atoms with E-state index in [1.807, 2.05) is 0 Å². The Hall–Kier alpha value is 0. The van der Waals surface area contributed by atoms with Crippen molar-refractivity contribution in [3.05, 3.63) is 13.3 Å². The largest absolute Gasteiger partial charge is 0.0654 e. The first-order valence-corrected chi connectivity index (χ1v) is 9.52. The van der Waals surface area contributed by atoms with E-state index in [1.54, 1.807) is 0 Å². The summed E-state index contributed by atoms with van der Waals surface area (Å²) in [6.07, 6.45) is 26.3. The van der Waals surface area contributed by atoms with Gasteiger partial charge in [-0.1, -0.05) is 123 Å². The molecule has 0 amide bonds. The zero-order chi connectivity index (χ0) is 14.7. The van der Waals surface area contributed by atoms with Crippen molar-refractivity contribution in [2.45, 2.75) is 116 Å². The van der Waals surface area contributed by atoms with E-state index < -0.39 is 0 Å². The number of hydrogen-bond acceptors (Lipinski definition) is 0. The van der Waals surface area contributed by atoms with E-state index in [2.05, 4.69) is 20.3 Å². The Kier molecular flexibility index (Phi) is 19.0. The molecule has 0 unspecified atom stereocenters. The van der Waals surface area contributed by atoms with Crippen LogP contribution in [-0.4, -0.2) is 0 Å². The predicted octanol–water partition coefficient (Wildman–Crippen LogP) is 7.68. The van der Waals surface area contributed by atoms with Crippen LogP contribution in [0.15, 0.2) is 0 Å². The van der Waals surface area contributed by atoms with Crippen LogP contribution in [0.1, 0.15) is 116 Å². The van der Waals surface area contributed by atoms with Gasteiger partial charge in [0.05, 0.1) is 0 Å². The summed E-state index contributed by atoms with van der Waals surface area (Å²) >= 11 is 0. The van der Waals surface area contributed by atoms with Crippen molar-refractivity contribution in [1.82, 2.24) is 0 Å². The van der Waals surface area contributed by atoms with Crippen LogP contribution in [0.4, 0.5) is 0 Å². The summed E-state index contributed by atoms with van der Waals surface area (Å²) in [5, 5.41) is 0. The molecule has 0 aliphatic heterocycles. The highest BCUT2D eigenvalue weighted by atomic mass is 14.0. The second-order valence-corrected chi connectivity index (χ2v) is 6.32. The van der Waals surface area contributed by atoms with E-state index in [4.69, 9.17) is 0 Å². The van der Waals surface area contributed by atoms with Crippen LogP contribution >= 0.6 is 0 Å². The third kappa shape index (κ3) is 18.0. The molecule has 120 valence electrons. The first kappa shape index (κ1) is 20.0. The molecule has 0 saturated carbocycles. The van der Waals surface area contributed by atoms with Crippen LogP contribution in [0.25, 0.3) is 0 Å². The molecular weight excluding hydrogens is 240 g/mol. The van der Waals surface area contributed by atoms with Gasteiger partial charge in [-0.05, 0) is 6.42 Å². The fraction of sp³-hybridized carbons (Fsp3) is 0.900. The van der Waals surface area contributed by atoms with E-state index >= 15 is 0 Å². The molecule has 0 heteroatoms. The molecule has 0 N–H and O–H groups in total. The zero-order valence-electron chi connectivity index (χ0n) is 14.3. The fourth-order valence-electron chi connectivity index (χ4n) is 2.74. The smallest absolute Gasteiger partial charge is 0.0386 e. The van der Waals surface area contributed by atoms with Crippen molar-refractivity contribution < 1.29 is 0 Å². The van der Waals surface area contributed by atoms with Gasteiger partial charge in [-0.3, -0.25) is 0 Å². The Balaban J connectivity index is 2.89. The lowest BCUT2D eigenvalue weighted by Gasteiger charge is -2.03. The first-order valence-electron chi connectivity index (χ1n) is 9.52. The van der Waals surface area contributed by atoms with Crippen LogP contribution in [-0.2, 0) is 0 Å². The molecule has 20 heavy (non-hydrogen) atoms. The molecule has 0 aliphatic carbocycles. The van der Waals surface area contributed by atoms with E-state index in [1.165, 1.54) is 103 Å². The van der Waals surface area contributed by atoms with Gasteiger partial charge in [0.25, 0.3) is 0 Å². The van der Waals surface area contributed by atoms with E-state index in [0.717, 1.165) is 6.42 Å². The predicted molar refractivity (Wildman–Crippen MR) is 93.8 cm³/mol. The van der Waals surface area contributed by atoms with Gasteiger partial charge >= 0.3 is 0 Å². The highest BCUT2D eigenvalue weighted by molar-refractivity contribution is 4.64. The lowest BCUT2D eigenvalue weighted by Crippen LogP contribution is -1.84. The topological polar surface area (TPSA) is 0 Å².